The Labute approximate surface area is 232 Å². The number of hydrogen-bond donors (Lipinski definition) is 2. The minimum atomic E-state index is -0.391. The summed E-state index contributed by atoms with van der Waals surface area (Å²) in [6.07, 6.45) is 20.7. The highest BCUT2D eigenvalue weighted by molar-refractivity contribution is 6.39. The maximum Gasteiger partial charge on any atom is 0.259 e. The van der Waals surface area contributed by atoms with Crippen molar-refractivity contribution in [1.29, 1.82) is 0 Å². The molecule has 8 heteroatoms. The molecule has 3 aliphatic heterocycles. The highest BCUT2D eigenvalue weighted by Crippen LogP contribution is 2.36. The molecule has 7 nitrogen and oxygen atoms in total. The van der Waals surface area contributed by atoms with Crippen molar-refractivity contribution in [2.75, 3.05) is 33.2 Å². The van der Waals surface area contributed by atoms with Crippen LogP contribution in [0.2, 0.25) is 0 Å². The molecule has 1 aromatic heterocycles. The molecular formula is C30H40ClN5O2. The minimum absolute atomic E-state index is 0.377. The first-order valence-corrected chi connectivity index (χ1v) is 13.4. The van der Waals surface area contributed by atoms with Crippen molar-refractivity contribution in [2.45, 2.75) is 53.4 Å². The fourth-order valence-electron chi connectivity index (χ4n) is 4.52. The van der Waals surface area contributed by atoms with Gasteiger partial charge in [-0.3, -0.25) is 14.9 Å². The van der Waals surface area contributed by atoms with E-state index in [1.54, 1.807) is 12.4 Å². The van der Waals surface area contributed by atoms with Gasteiger partial charge < -0.3 is 14.8 Å². The summed E-state index contributed by atoms with van der Waals surface area (Å²) < 4.78 is 0. The summed E-state index contributed by atoms with van der Waals surface area (Å²) in [5, 5.41) is 3.01. The van der Waals surface area contributed by atoms with Crippen LogP contribution in [0.5, 0.6) is 0 Å². The molecule has 38 heavy (non-hydrogen) atoms. The molecule has 3 aliphatic rings. The first kappa shape index (κ1) is 30.9. The van der Waals surface area contributed by atoms with E-state index in [-0.39, 0.29) is 5.91 Å². The second-order valence-corrected chi connectivity index (χ2v) is 9.77. The standard InChI is InChI=1S/C24H30ClN5O2.C4H8.C2H2/c1-15-16(2)27-14-18(15)22-21(23(31)28-24(22)32)17-6-7-20(26-9-8-19(17)25)30-12-4-10-29(3)11-5-13-30;1-3-4-2;1-2/h7,9,14,27H,4-6,8,10-13H2,1-3H3,(H,28,31,32);3-4H,1-2H3;1-2H/b19-17-,20-7?,26-9-;4-3-;. The molecule has 0 saturated carbocycles. The van der Waals surface area contributed by atoms with Crippen molar-refractivity contribution in [1.82, 2.24) is 20.1 Å². The number of aliphatic imine (C=N–C) groups is 1. The third-order valence-electron chi connectivity index (χ3n) is 6.81. The fourth-order valence-corrected chi connectivity index (χ4v) is 4.76. The van der Waals surface area contributed by atoms with Gasteiger partial charge >= 0.3 is 0 Å². The number of nitrogens with one attached hydrogen (secondary N) is 2. The van der Waals surface area contributed by atoms with Crippen molar-refractivity contribution in [3.8, 4) is 12.8 Å². The van der Waals surface area contributed by atoms with Gasteiger partial charge in [0.25, 0.3) is 11.8 Å². The topological polar surface area (TPSA) is 80.8 Å². The lowest BCUT2D eigenvalue weighted by molar-refractivity contribution is -0.123. The quantitative estimate of drug-likeness (QED) is 0.319. The van der Waals surface area contributed by atoms with Crippen molar-refractivity contribution >= 4 is 35.2 Å². The molecule has 4 rings (SSSR count). The van der Waals surface area contributed by atoms with Gasteiger partial charge in [-0.2, -0.15) is 0 Å². The molecule has 204 valence electrons. The summed E-state index contributed by atoms with van der Waals surface area (Å²) in [6.45, 7) is 11.9. The lowest BCUT2D eigenvalue weighted by atomic mass is 9.92. The number of halogens is 1. The van der Waals surface area contributed by atoms with Gasteiger partial charge in [0.1, 0.15) is 5.82 Å². The largest absolute Gasteiger partial charge is 0.364 e. The number of carbonyl (C=O) groups excluding carboxylic acids is 2. The van der Waals surface area contributed by atoms with Gasteiger partial charge in [-0.1, -0.05) is 23.8 Å². The SMILES string of the molecule is C#C.C/C=C\C.Cc1[nH]cc(C2=C(/C3=C(\Cl)C/C=N\C(N4CCCN(C)CCC4)=CC3)C(=O)NC2=O)c1C. The molecule has 2 N–H and O–H groups in total. The van der Waals surface area contributed by atoms with E-state index in [1.165, 1.54) is 0 Å². The van der Waals surface area contributed by atoms with Crippen molar-refractivity contribution < 1.29 is 9.59 Å². The third-order valence-corrected chi connectivity index (χ3v) is 7.19. The number of hydrogen-bond acceptors (Lipinski definition) is 5. The molecule has 1 saturated heterocycles. The molecule has 4 heterocycles. The molecule has 0 radical (unpaired) electrons. The average Bonchev–Trinajstić information content (AvgIpc) is 3.36. The summed E-state index contributed by atoms with van der Waals surface area (Å²) in [7, 11) is 2.16. The molecule has 0 aliphatic carbocycles. The molecule has 0 bridgehead atoms. The van der Waals surface area contributed by atoms with Crippen LogP contribution in [0.15, 0.2) is 51.4 Å². The van der Waals surface area contributed by atoms with Gasteiger partial charge in [-0.25, -0.2) is 4.99 Å². The lowest BCUT2D eigenvalue weighted by Gasteiger charge is -2.30. The Morgan fingerprint density at radius 2 is 1.58 bits per heavy atom. The van der Waals surface area contributed by atoms with Crippen LogP contribution in [0.1, 0.15) is 56.4 Å². The van der Waals surface area contributed by atoms with E-state index in [9.17, 15) is 9.59 Å². The zero-order valence-corrected chi connectivity index (χ0v) is 24.0. The smallest absolute Gasteiger partial charge is 0.259 e. The Hall–Kier alpha value is -3.34. The first-order valence-electron chi connectivity index (χ1n) is 13.0. The Kier molecular flexibility index (Phi) is 12.3. The fraction of sp³-hybridized carbons (Fsp3) is 0.433. The summed E-state index contributed by atoms with van der Waals surface area (Å²) in [5.41, 5.74) is 4.13. The summed E-state index contributed by atoms with van der Waals surface area (Å²) >= 11 is 6.65. The molecule has 0 atom stereocenters. The Bertz CT molecular complexity index is 1170. The van der Waals surface area contributed by atoms with Crippen LogP contribution in [-0.4, -0.2) is 66.0 Å². The predicted octanol–water partition coefficient (Wildman–Crippen LogP) is 5.10. The number of aryl methyl sites for hydroxylation is 1. The van der Waals surface area contributed by atoms with Crippen molar-refractivity contribution in [2.24, 2.45) is 4.99 Å². The number of imide groups is 1. The van der Waals surface area contributed by atoms with E-state index in [1.807, 2.05) is 45.9 Å². The van der Waals surface area contributed by atoms with E-state index in [0.29, 0.717) is 34.6 Å². The lowest BCUT2D eigenvalue weighted by Crippen LogP contribution is -2.34. The monoisotopic (exact) mass is 537 g/mol. The molecule has 1 aromatic rings. The number of nitrogens with zero attached hydrogens (tertiary/aromatic N) is 3. The second kappa shape index (κ2) is 15.2. The van der Waals surface area contributed by atoms with E-state index >= 15 is 0 Å². The Morgan fingerprint density at radius 1 is 0.974 bits per heavy atom. The van der Waals surface area contributed by atoms with Crippen LogP contribution >= 0.6 is 11.6 Å². The van der Waals surface area contributed by atoms with Crippen molar-refractivity contribution in [3.05, 3.63) is 63.2 Å². The number of allylic oxidation sites excluding steroid dienone is 4. The molecule has 1 fully saturated rings. The highest BCUT2D eigenvalue weighted by atomic mass is 35.5. The number of rotatable bonds is 3. The predicted molar refractivity (Wildman–Crippen MR) is 158 cm³/mol. The molecule has 0 unspecified atom stereocenters. The van der Waals surface area contributed by atoms with Crippen LogP contribution in [0, 0.1) is 26.7 Å². The summed E-state index contributed by atoms with van der Waals surface area (Å²) in [6, 6.07) is 0. The normalized spacial score (nSPS) is 21.8. The van der Waals surface area contributed by atoms with Crippen LogP contribution in [0.3, 0.4) is 0 Å². The summed E-state index contributed by atoms with van der Waals surface area (Å²) in [4.78, 5) is 38.1. The number of carbonyl (C=O) groups is 2. The van der Waals surface area contributed by atoms with Crippen LogP contribution in [0.4, 0.5) is 0 Å². The number of terminal acetylenes is 1. The van der Waals surface area contributed by atoms with E-state index in [2.05, 4.69) is 45.0 Å². The average molecular weight is 538 g/mol. The maximum atomic E-state index is 12.9. The van der Waals surface area contributed by atoms with Gasteiger partial charge in [-0.15, -0.1) is 12.8 Å². The molecule has 2 amide bonds. The Morgan fingerprint density at radius 3 is 2.13 bits per heavy atom. The minimum Gasteiger partial charge on any atom is -0.364 e. The first-order chi connectivity index (χ1) is 18.3. The second-order valence-electron chi connectivity index (χ2n) is 9.32. The third kappa shape index (κ3) is 7.59. The maximum absolute atomic E-state index is 12.9. The van der Waals surface area contributed by atoms with E-state index in [0.717, 1.165) is 61.7 Å². The number of amides is 2. The van der Waals surface area contributed by atoms with Crippen LogP contribution < -0.4 is 5.32 Å². The van der Waals surface area contributed by atoms with Gasteiger partial charge in [-0.05, 0) is 84.3 Å². The number of H-pyrrole nitrogens is 1. The highest BCUT2D eigenvalue weighted by Gasteiger charge is 2.35. The van der Waals surface area contributed by atoms with Gasteiger partial charge in [0, 0.05) is 48.2 Å². The molecule has 0 aromatic carbocycles. The van der Waals surface area contributed by atoms with Crippen molar-refractivity contribution in [3.63, 3.8) is 0 Å². The van der Waals surface area contributed by atoms with Crippen LogP contribution in [0.25, 0.3) is 5.57 Å². The van der Waals surface area contributed by atoms with E-state index in [4.69, 9.17) is 11.6 Å². The van der Waals surface area contributed by atoms with Gasteiger partial charge in [0.15, 0.2) is 0 Å². The Balaban J connectivity index is 0.000000773. The zero-order chi connectivity index (χ0) is 28.2. The zero-order valence-electron chi connectivity index (χ0n) is 23.2. The summed E-state index contributed by atoms with van der Waals surface area (Å²) in [5.74, 6) is 0.145. The van der Waals surface area contributed by atoms with Crippen LogP contribution in [-0.2, 0) is 9.59 Å². The van der Waals surface area contributed by atoms with E-state index < -0.39 is 5.91 Å². The van der Waals surface area contributed by atoms with Gasteiger partial charge in [0.05, 0.1) is 11.1 Å². The number of aromatic amines is 1. The number of aromatic nitrogens is 1. The molecule has 0 spiro atoms. The molecular weight excluding hydrogens is 498 g/mol. The van der Waals surface area contributed by atoms with Gasteiger partial charge in [0.2, 0.25) is 0 Å².